The largest absolute Gasteiger partial charge is 0.469 e. The fourth-order valence-electron chi connectivity index (χ4n) is 4.49. The monoisotopic (exact) mass is 478 g/mol. The summed E-state index contributed by atoms with van der Waals surface area (Å²) in [5.41, 5.74) is 1.29. The molecular weight excluding hydrogens is 452 g/mol. The van der Waals surface area contributed by atoms with Crippen LogP contribution in [0.15, 0.2) is 66.7 Å². The number of benzene rings is 3. The van der Waals surface area contributed by atoms with Crippen molar-refractivity contribution in [2.24, 2.45) is 5.92 Å². The van der Waals surface area contributed by atoms with Gasteiger partial charge >= 0.3 is 5.97 Å². The molecule has 0 bridgehead atoms. The van der Waals surface area contributed by atoms with E-state index in [0.29, 0.717) is 35.7 Å². The first-order chi connectivity index (χ1) is 16.5. The predicted molar refractivity (Wildman–Crippen MR) is 132 cm³/mol. The Hall–Kier alpha value is -3.38. The van der Waals surface area contributed by atoms with Gasteiger partial charge in [0, 0.05) is 23.7 Å². The van der Waals surface area contributed by atoms with Crippen molar-refractivity contribution in [2.75, 3.05) is 20.2 Å². The summed E-state index contributed by atoms with van der Waals surface area (Å²) in [5.74, 6) is -1.10. The number of ether oxygens (including phenoxy) is 1. The predicted octanol–water partition coefficient (Wildman–Crippen LogP) is 4.77. The van der Waals surface area contributed by atoms with Crippen LogP contribution in [-0.4, -0.2) is 42.9 Å². The summed E-state index contributed by atoms with van der Waals surface area (Å²) in [5, 5.41) is 5.35. The second-order valence-electron chi connectivity index (χ2n) is 8.48. The zero-order valence-corrected chi connectivity index (χ0v) is 19.8. The fraction of sp³-hybridized carbons (Fsp3) is 0.296. The standard InChI is InChI=1S/C27H27ClN2O4/c1-34-25(31)16-24(22-12-4-5-14-23(22)28)29-26(32)19-10-7-15-30(17-19)27(33)21-13-6-9-18-8-2-3-11-20(18)21/h2-6,8-9,11-14,19,24H,7,10,15-17H2,1H3,(H,29,32). The van der Waals surface area contributed by atoms with Gasteiger partial charge in [0.15, 0.2) is 0 Å². The molecule has 0 saturated carbocycles. The number of methoxy groups -OCH3 is 1. The number of halogens is 1. The minimum Gasteiger partial charge on any atom is -0.469 e. The van der Waals surface area contributed by atoms with E-state index in [1.54, 1.807) is 23.1 Å². The molecule has 2 amide bonds. The highest BCUT2D eigenvalue weighted by Crippen LogP contribution is 2.28. The number of carbonyl (C=O) groups is 3. The van der Waals surface area contributed by atoms with Crippen molar-refractivity contribution in [3.05, 3.63) is 82.9 Å². The topological polar surface area (TPSA) is 75.7 Å². The molecule has 2 unspecified atom stereocenters. The van der Waals surface area contributed by atoms with Crippen molar-refractivity contribution in [1.29, 1.82) is 0 Å². The average Bonchev–Trinajstić information content (AvgIpc) is 2.87. The molecule has 1 N–H and O–H groups in total. The summed E-state index contributed by atoms with van der Waals surface area (Å²) in [6.07, 6.45) is 1.36. The van der Waals surface area contributed by atoms with Crippen LogP contribution in [-0.2, 0) is 14.3 Å². The van der Waals surface area contributed by atoms with Crippen LogP contribution in [0.5, 0.6) is 0 Å². The van der Waals surface area contributed by atoms with E-state index in [-0.39, 0.29) is 24.2 Å². The van der Waals surface area contributed by atoms with Gasteiger partial charge in [-0.25, -0.2) is 0 Å². The average molecular weight is 479 g/mol. The summed E-state index contributed by atoms with van der Waals surface area (Å²) in [7, 11) is 1.31. The number of nitrogens with zero attached hydrogens (tertiary/aromatic N) is 1. The van der Waals surface area contributed by atoms with Crippen LogP contribution in [0.3, 0.4) is 0 Å². The lowest BCUT2D eigenvalue weighted by molar-refractivity contribution is -0.141. The molecule has 3 aromatic carbocycles. The first-order valence-corrected chi connectivity index (χ1v) is 11.7. The molecule has 0 aromatic heterocycles. The fourth-order valence-corrected chi connectivity index (χ4v) is 4.76. The van der Waals surface area contributed by atoms with E-state index in [4.69, 9.17) is 16.3 Å². The maximum atomic E-state index is 13.4. The summed E-state index contributed by atoms with van der Waals surface area (Å²) < 4.78 is 4.82. The lowest BCUT2D eigenvalue weighted by atomic mass is 9.94. The number of fused-ring (bicyclic) bond motifs is 1. The Kier molecular flexibility index (Phi) is 7.48. The third kappa shape index (κ3) is 5.23. The van der Waals surface area contributed by atoms with Crippen molar-refractivity contribution in [3.63, 3.8) is 0 Å². The van der Waals surface area contributed by atoms with Gasteiger partial charge in [-0.15, -0.1) is 0 Å². The number of likely N-dealkylation sites (tertiary alicyclic amines) is 1. The second-order valence-corrected chi connectivity index (χ2v) is 8.89. The third-order valence-corrected chi connectivity index (χ3v) is 6.64. The molecule has 1 aliphatic rings. The number of amides is 2. The van der Waals surface area contributed by atoms with Gasteiger partial charge in [0.05, 0.1) is 25.5 Å². The Morgan fingerprint density at radius 1 is 1.06 bits per heavy atom. The highest BCUT2D eigenvalue weighted by Gasteiger charge is 2.31. The van der Waals surface area contributed by atoms with Gasteiger partial charge in [-0.05, 0) is 41.3 Å². The smallest absolute Gasteiger partial charge is 0.307 e. The zero-order valence-electron chi connectivity index (χ0n) is 19.0. The normalized spacial score (nSPS) is 16.6. The van der Waals surface area contributed by atoms with Crippen LogP contribution < -0.4 is 5.32 Å². The molecular formula is C27H27ClN2O4. The Balaban J connectivity index is 1.50. The van der Waals surface area contributed by atoms with Crippen molar-refractivity contribution in [3.8, 4) is 0 Å². The first-order valence-electron chi connectivity index (χ1n) is 11.4. The van der Waals surface area contributed by atoms with E-state index < -0.39 is 12.0 Å². The van der Waals surface area contributed by atoms with Gasteiger partial charge in [-0.3, -0.25) is 14.4 Å². The van der Waals surface area contributed by atoms with E-state index >= 15 is 0 Å². The Morgan fingerprint density at radius 2 is 1.79 bits per heavy atom. The van der Waals surface area contributed by atoms with E-state index in [1.807, 2.05) is 48.5 Å². The lowest BCUT2D eigenvalue weighted by Crippen LogP contribution is -2.46. The summed E-state index contributed by atoms with van der Waals surface area (Å²) in [6.45, 7) is 0.920. The number of hydrogen-bond acceptors (Lipinski definition) is 4. The zero-order chi connectivity index (χ0) is 24.1. The lowest BCUT2D eigenvalue weighted by Gasteiger charge is -2.33. The summed E-state index contributed by atoms with van der Waals surface area (Å²) in [6, 6.07) is 20.0. The maximum absolute atomic E-state index is 13.4. The number of esters is 1. The van der Waals surface area contributed by atoms with Crippen molar-refractivity contribution >= 4 is 40.2 Å². The number of hydrogen-bond donors (Lipinski definition) is 1. The molecule has 2 atom stereocenters. The van der Waals surface area contributed by atoms with Gasteiger partial charge in [-0.1, -0.05) is 66.2 Å². The number of rotatable bonds is 6. The second kappa shape index (κ2) is 10.7. The number of nitrogens with one attached hydrogen (secondary N) is 1. The van der Waals surface area contributed by atoms with Gasteiger partial charge < -0.3 is 15.0 Å². The Bertz CT molecular complexity index is 1210. The molecule has 7 heteroatoms. The highest BCUT2D eigenvalue weighted by molar-refractivity contribution is 6.31. The van der Waals surface area contributed by atoms with Crippen molar-refractivity contribution in [2.45, 2.75) is 25.3 Å². The van der Waals surface area contributed by atoms with Crippen LogP contribution in [0.25, 0.3) is 10.8 Å². The van der Waals surface area contributed by atoms with Crippen molar-refractivity contribution < 1.29 is 19.1 Å². The highest BCUT2D eigenvalue weighted by atomic mass is 35.5. The van der Waals surface area contributed by atoms with Crippen LogP contribution in [0.1, 0.15) is 41.2 Å². The molecule has 0 aliphatic carbocycles. The molecule has 1 aliphatic heterocycles. The molecule has 34 heavy (non-hydrogen) atoms. The molecule has 1 heterocycles. The minimum absolute atomic E-state index is 0.0304. The van der Waals surface area contributed by atoms with E-state index in [1.165, 1.54) is 7.11 Å². The molecule has 0 spiro atoms. The van der Waals surface area contributed by atoms with E-state index in [9.17, 15) is 14.4 Å². The number of carbonyl (C=O) groups excluding carboxylic acids is 3. The molecule has 0 radical (unpaired) electrons. The Labute approximate surface area is 203 Å². The quantitative estimate of drug-likeness (QED) is 0.518. The third-order valence-electron chi connectivity index (χ3n) is 6.30. The van der Waals surface area contributed by atoms with Gasteiger partial charge in [0.25, 0.3) is 5.91 Å². The minimum atomic E-state index is -0.613. The maximum Gasteiger partial charge on any atom is 0.307 e. The summed E-state index contributed by atoms with van der Waals surface area (Å²) >= 11 is 6.34. The van der Waals surface area contributed by atoms with Crippen LogP contribution in [0.4, 0.5) is 0 Å². The van der Waals surface area contributed by atoms with Crippen molar-refractivity contribution in [1.82, 2.24) is 10.2 Å². The van der Waals surface area contributed by atoms with E-state index in [0.717, 1.165) is 17.2 Å². The van der Waals surface area contributed by atoms with Gasteiger partial charge in [0.1, 0.15) is 0 Å². The SMILES string of the molecule is COC(=O)CC(NC(=O)C1CCCN(C(=O)c2cccc3ccccc23)C1)c1ccccc1Cl. The molecule has 1 fully saturated rings. The molecule has 176 valence electrons. The molecule has 1 saturated heterocycles. The number of piperidine rings is 1. The van der Waals surface area contributed by atoms with E-state index in [2.05, 4.69) is 5.32 Å². The van der Waals surface area contributed by atoms with Crippen LogP contribution in [0.2, 0.25) is 5.02 Å². The first kappa shape index (κ1) is 23.8. The molecule has 3 aromatic rings. The van der Waals surface area contributed by atoms with Gasteiger partial charge in [0.2, 0.25) is 5.91 Å². The summed E-state index contributed by atoms with van der Waals surface area (Å²) in [4.78, 5) is 40.4. The van der Waals surface area contributed by atoms with Crippen LogP contribution in [0, 0.1) is 5.92 Å². The molecule has 6 nitrogen and oxygen atoms in total. The van der Waals surface area contributed by atoms with Gasteiger partial charge in [-0.2, -0.15) is 0 Å². The van der Waals surface area contributed by atoms with Crippen LogP contribution >= 0.6 is 11.6 Å². The Morgan fingerprint density at radius 3 is 2.59 bits per heavy atom. The molecule has 4 rings (SSSR count).